The molecule has 1 amide bonds. The topological polar surface area (TPSA) is 38.8 Å². The van der Waals surface area contributed by atoms with Crippen LogP contribution in [0.1, 0.15) is 39.5 Å². The third kappa shape index (κ3) is 1.06. The molecule has 0 saturated carbocycles. The Hall–Kier alpha value is -0.610. The SMILES string of the molecule is CC1(C)C(=O)N2OCCC[C@]23CC[C@H]1O3. The Morgan fingerprint density at radius 3 is 3.00 bits per heavy atom. The average molecular weight is 211 g/mol. The Kier molecular flexibility index (Phi) is 1.75. The molecule has 0 aromatic rings. The number of hydrogen-bond acceptors (Lipinski definition) is 3. The first-order valence-electron chi connectivity index (χ1n) is 5.72. The zero-order valence-electron chi connectivity index (χ0n) is 9.28. The monoisotopic (exact) mass is 211 g/mol. The third-order valence-corrected chi connectivity index (χ3v) is 4.00. The van der Waals surface area contributed by atoms with Crippen molar-refractivity contribution in [2.24, 2.45) is 5.41 Å². The highest BCUT2D eigenvalue weighted by Crippen LogP contribution is 2.51. The molecule has 2 atom stereocenters. The predicted octanol–water partition coefficient (Wildman–Crippen LogP) is 1.46. The van der Waals surface area contributed by atoms with E-state index in [9.17, 15) is 4.79 Å². The highest BCUT2D eigenvalue weighted by molar-refractivity contribution is 5.83. The fourth-order valence-corrected chi connectivity index (χ4v) is 2.95. The molecular formula is C11H17NO3. The summed E-state index contributed by atoms with van der Waals surface area (Å²) < 4.78 is 6.05. The fourth-order valence-electron chi connectivity index (χ4n) is 2.95. The second-order valence-corrected chi connectivity index (χ2v) is 5.35. The van der Waals surface area contributed by atoms with Crippen molar-refractivity contribution in [3.8, 4) is 0 Å². The maximum atomic E-state index is 12.3. The summed E-state index contributed by atoms with van der Waals surface area (Å²) in [5.41, 5.74) is -0.854. The molecule has 0 aromatic heterocycles. The van der Waals surface area contributed by atoms with Crippen molar-refractivity contribution in [1.29, 1.82) is 0 Å². The lowest BCUT2D eigenvalue weighted by Gasteiger charge is -2.50. The summed E-state index contributed by atoms with van der Waals surface area (Å²) >= 11 is 0. The molecule has 3 fully saturated rings. The van der Waals surface area contributed by atoms with Crippen molar-refractivity contribution in [2.75, 3.05) is 6.61 Å². The molecule has 3 rings (SSSR count). The van der Waals surface area contributed by atoms with Gasteiger partial charge in [-0.1, -0.05) is 0 Å². The molecule has 3 saturated heterocycles. The van der Waals surface area contributed by atoms with Gasteiger partial charge in [0.15, 0.2) is 5.72 Å². The van der Waals surface area contributed by atoms with E-state index in [0.717, 1.165) is 25.7 Å². The largest absolute Gasteiger partial charge is 0.349 e. The van der Waals surface area contributed by atoms with E-state index in [0.29, 0.717) is 6.61 Å². The highest BCUT2D eigenvalue weighted by Gasteiger charge is 2.61. The number of rotatable bonds is 0. The Morgan fingerprint density at radius 1 is 1.40 bits per heavy atom. The predicted molar refractivity (Wildman–Crippen MR) is 52.7 cm³/mol. The van der Waals surface area contributed by atoms with Gasteiger partial charge in [-0.15, -0.1) is 0 Å². The summed E-state index contributed by atoms with van der Waals surface area (Å²) in [5.74, 6) is 0.0935. The van der Waals surface area contributed by atoms with Gasteiger partial charge in [-0.3, -0.25) is 9.63 Å². The fraction of sp³-hybridized carbons (Fsp3) is 0.909. The van der Waals surface area contributed by atoms with Crippen molar-refractivity contribution in [3.05, 3.63) is 0 Å². The van der Waals surface area contributed by atoms with Gasteiger partial charge in [0.05, 0.1) is 18.1 Å². The van der Waals surface area contributed by atoms with Crippen LogP contribution in [-0.2, 0) is 14.4 Å². The Labute approximate surface area is 89.5 Å². The van der Waals surface area contributed by atoms with E-state index in [4.69, 9.17) is 9.57 Å². The lowest BCUT2D eigenvalue weighted by molar-refractivity contribution is -0.338. The van der Waals surface area contributed by atoms with Crippen molar-refractivity contribution in [3.63, 3.8) is 0 Å². The van der Waals surface area contributed by atoms with E-state index in [1.54, 1.807) is 0 Å². The lowest BCUT2D eigenvalue weighted by Crippen LogP contribution is -2.63. The molecule has 3 heterocycles. The standard InChI is InChI=1S/C11H17NO3/c1-10(2)8-4-6-11(15-8)5-3-7-14-12(11)9(10)13/h8H,3-7H2,1-2H3/t8-,11+/m1/s1. The van der Waals surface area contributed by atoms with Crippen molar-refractivity contribution in [1.82, 2.24) is 5.06 Å². The smallest absolute Gasteiger partial charge is 0.257 e. The van der Waals surface area contributed by atoms with Crippen LogP contribution in [0.25, 0.3) is 0 Å². The molecule has 0 radical (unpaired) electrons. The zero-order chi connectivity index (χ0) is 10.7. The van der Waals surface area contributed by atoms with Crippen LogP contribution in [0.3, 0.4) is 0 Å². The van der Waals surface area contributed by atoms with Crippen molar-refractivity contribution >= 4 is 5.91 Å². The number of fused-ring (bicyclic) bond motifs is 1. The van der Waals surface area contributed by atoms with E-state index in [1.165, 1.54) is 5.06 Å². The maximum absolute atomic E-state index is 12.3. The van der Waals surface area contributed by atoms with Gasteiger partial charge in [0.1, 0.15) is 0 Å². The van der Waals surface area contributed by atoms with Crippen LogP contribution < -0.4 is 0 Å². The molecule has 4 heteroatoms. The normalized spacial score (nSPS) is 42.9. The minimum Gasteiger partial charge on any atom is -0.349 e. The minimum absolute atomic E-state index is 0.0722. The van der Waals surface area contributed by atoms with Crippen LogP contribution in [0.4, 0.5) is 0 Å². The number of ether oxygens (including phenoxy) is 1. The number of amides is 1. The van der Waals surface area contributed by atoms with Gasteiger partial charge in [0.2, 0.25) is 0 Å². The summed E-state index contributed by atoms with van der Waals surface area (Å²) in [4.78, 5) is 17.8. The minimum atomic E-state index is -0.433. The van der Waals surface area contributed by atoms with E-state index in [1.807, 2.05) is 13.8 Å². The first-order valence-corrected chi connectivity index (χ1v) is 5.72. The van der Waals surface area contributed by atoms with Crippen LogP contribution in [0, 0.1) is 5.41 Å². The Morgan fingerprint density at radius 2 is 2.20 bits per heavy atom. The second kappa shape index (κ2) is 2.74. The third-order valence-electron chi connectivity index (χ3n) is 4.00. The van der Waals surface area contributed by atoms with Crippen molar-refractivity contribution < 1.29 is 14.4 Å². The van der Waals surface area contributed by atoms with Gasteiger partial charge in [-0.25, -0.2) is 0 Å². The number of nitrogens with zero attached hydrogens (tertiary/aromatic N) is 1. The van der Waals surface area contributed by atoms with E-state index in [-0.39, 0.29) is 12.0 Å². The quantitative estimate of drug-likeness (QED) is 0.609. The summed E-state index contributed by atoms with van der Waals surface area (Å²) in [6, 6.07) is 0. The van der Waals surface area contributed by atoms with Crippen LogP contribution in [0.15, 0.2) is 0 Å². The molecule has 2 bridgehead atoms. The van der Waals surface area contributed by atoms with E-state index >= 15 is 0 Å². The van der Waals surface area contributed by atoms with E-state index in [2.05, 4.69) is 0 Å². The average Bonchev–Trinajstić information content (AvgIpc) is 2.60. The summed E-state index contributed by atoms with van der Waals surface area (Å²) in [6.45, 7) is 4.54. The van der Waals surface area contributed by atoms with Crippen LogP contribution >= 0.6 is 0 Å². The number of carbonyl (C=O) groups is 1. The van der Waals surface area contributed by atoms with Crippen molar-refractivity contribution in [2.45, 2.75) is 51.4 Å². The molecule has 4 nitrogen and oxygen atoms in total. The molecule has 3 aliphatic heterocycles. The lowest BCUT2D eigenvalue weighted by atomic mass is 9.84. The van der Waals surface area contributed by atoms with Gasteiger partial charge in [0, 0.05) is 6.42 Å². The summed E-state index contributed by atoms with van der Waals surface area (Å²) in [6.07, 6.45) is 3.87. The van der Waals surface area contributed by atoms with Crippen LogP contribution in [-0.4, -0.2) is 29.4 Å². The molecule has 15 heavy (non-hydrogen) atoms. The highest BCUT2D eigenvalue weighted by atomic mass is 16.7. The van der Waals surface area contributed by atoms with Crippen LogP contribution in [0.2, 0.25) is 0 Å². The first-order chi connectivity index (χ1) is 7.06. The van der Waals surface area contributed by atoms with Gasteiger partial charge in [0.25, 0.3) is 5.91 Å². The maximum Gasteiger partial charge on any atom is 0.257 e. The van der Waals surface area contributed by atoms with Gasteiger partial charge < -0.3 is 4.74 Å². The molecule has 0 N–H and O–H groups in total. The van der Waals surface area contributed by atoms with Crippen LogP contribution in [0.5, 0.6) is 0 Å². The van der Waals surface area contributed by atoms with Gasteiger partial charge in [-0.05, 0) is 33.1 Å². The summed E-state index contributed by atoms with van der Waals surface area (Å²) in [7, 11) is 0. The Balaban J connectivity index is 2.01. The molecule has 3 aliphatic rings. The molecule has 84 valence electrons. The molecule has 1 spiro atoms. The first kappa shape index (κ1) is 9.60. The number of carbonyl (C=O) groups excluding carboxylic acids is 1. The molecule has 0 aromatic carbocycles. The number of hydrogen-bond donors (Lipinski definition) is 0. The molecule has 0 aliphatic carbocycles. The van der Waals surface area contributed by atoms with E-state index < -0.39 is 11.1 Å². The Bertz CT molecular complexity index is 315. The second-order valence-electron chi connectivity index (χ2n) is 5.35. The summed E-state index contributed by atoms with van der Waals surface area (Å²) in [5, 5.41) is 1.53. The zero-order valence-corrected chi connectivity index (χ0v) is 9.28. The molecular weight excluding hydrogens is 194 g/mol. The molecule has 0 unspecified atom stereocenters. The number of hydroxylamine groups is 2. The van der Waals surface area contributed by atoms with Gasteiger partial charge in [-0.2, -0.15) is 5.06 Å². The van der Waals surface area contributed by atoms with Gasteiger partial charge >= 0.3 is 0 Å².